The van der Waals surface area contributed by atoms with Crippen LogP contribution in [0.25, 0.3) is 0 Å². The second kappa shape index (κ2) is 4.95. The van der Waals surface area contributed by atoms with Gasteiger partial charge in [-0.05, 0) is 43.4 Å². The van der Waals surface area contributed by atoms with Crippen molar-refractivity contribution in [2.75, 3.05) is 26.2 Å². The Balaban J connectivity index is 1.38. The van der Waals surface area contributed by atoms with Crippen LogP contribution in [0.3, 0.4) is 0 Å². The fourth-order valence-corrected chi connectivity index (χ4v) is 6.58. The van der Waals surface area contributed by atoms with E-state index in [0.29, 0.717) is 17.3 Å². The lowest BCUT2D eigenvalue weighted by molar-refractivity contribution is -0.890. The molecule has 23 heavy (non-hydrogen) atoms. The molecule has 4 nitrogen and oxygen atoms in total. The number of hydrogen-bond acceptors (Lipinski definition) is 3. The Hall–Kier alpha value is -0.610. The molecule has 3 saturated heterocycles. The van der Waals surface area contributed by atoms with Crippen molar-refractivity contribution in [2.45, 2.75) is 63.6 Å². The van der Waals surface area contributed by atoms with Crippen molar-refractivity contribution in [2.24, 2.45) is 23.2 Å². The number of carbonyl (C=O) groups is 1. The third kappa shape index (κ3) is 2.21. The van der Waals surface area contributed by atoms with Gasteiger partial charge in [0.05, 0.1) is 31.8 Å². The smallest absolute Gasteiger partial charge is 0.315 e. The molecule has 0 amide bonds. The Labute approximate surface area is 138 Å². The lowest BCUT2D eigenvalue weighted by Crippen LogP contribution is -3.10. The van der Waals surface area contributed by atoms with Crippen LogP contribution in [0.2, 0.25) is 0 Å². The Morgan fingerprint density at radius 2 is 2.00 bits per heavy atom. The quantitative estimate of drug-likeness (QED) is 0.614. The second-order valence-corrected chi connectivity index (χ2v) is 9.26. The van der Waals surface area contributed by atoms with E-state index in [0.717, 1.165) is 26.0 Å². The number of rotatable bonds is 2. The van der Waals surface area contributed by atoms with Gasteiger partial charge in [-0.2, -0.15) is 0 Å². The fraction of sp³-hybridized carbons (Fsp3) is 0.947. The average Bonchev–Trinajstić information content (AvgIpc) is 2.97. The summed E-state index contributed by atoms with van der Waals surface area (Å²) in [5.74, 6) is 1.35. The van der Waals surface area contributed by atoms with E-state index in [1.165, 1.54) is 45.2 Å². The first kappa shape index (κ1) is 14.7. The number of hydrogen-bond donors (Lipinski definition) is 1. The lowest BCUT2D eigenvalue weighted by atomic mass is 9.53. The summed E-state index contributed by atoms with van der Waals surface area (Å²) in [7, 11) is 0. The highest BCUT2D eigenvalue weighted by Gasteiger charge is 2.65. The molecular weight excluding hydrogens is 290 g/mol. The SMILES string of the molecule is C[C@]12CCC[C@]3(CO3)[C@H]1C[C@H]1[C@@H](C2)OC(=O)[C@@H]1C[NH+]1CCCC1. The number of ether oxygens (including phenoxy) is 2. The highest BCUT2D eigenvalue weighted by molar-refractivity contribution is 5.75. The Kier molecular flexibility index (Phi) is 3.17. The number of epoxide rings is 1. The fourth-order valence-electron chi connectivity index (χ4n) is 6.58. The molecule has 1 N–H and O–H groups in total. The van der Waals surface area contributed by atoms with Gasteiger partial charge in [0.2, 0.25) is 0 Å². The summed E-state index contributed by atoms with van der Waals surface area (Å²) in [6.45, 7) is 6.90. The van der Waals surface area contributed by atoms with Crippen molar-refractivity contribution in [1.82, 2.24) is 0 Å². The zero-order valence-corrected chi connectivity index (χ0v) is 14.3. The number of fused-ring (bicyclic) bond motifs is 3. The molecule has 5 fully saturated rings. The molecule has 0 unspecified atom stereocenters. The first-order chi connectivity index (χ1) is 11.1. The average molecular weight is 320 g/mol. The largest absolute Gasteiger partial charge is 0.462 e. The topological polar surface area (TPSA) is 43.3 Å². The summed E-state index contributed by atoms with van der Waals surface area (Å²) in [5.41, 5.74) is 0.500. The minimum absolute atomic E-state index is 0.104. The number of nitrogens with one attached hydrogen (secondary N) is 1. The predicted molar refractivity (Wildman–Crippen MR) is 85.0 cm³/mol. The van der Waals surface area contributed by atoms with Gasteiger partial charge in [0.1, 0.15) is 12.0 Å². The molecule has 0 radical (unpaired) electrons. The molecule has 3 aliphatic heterocycles. The van der Waals surface area contributed by atoms with E-state index in [1.54, 1.807) is 4.90 Å². The van der Waals surface area contributed by atoms with Gasteiger partial charge < -0.3 is 14.4 Å². The molecule has 1 spiro atoms. The summed E-state index contributed by atoms with van der Waals surface area (Å²) < 4.78 is 11.9. The molecule has 5 rings (SSSR count). The third-order valence-electron chi connectivity index (χ3n) is 7.90. The zero-order valence-electron chi connectivity index (χ0n) is 14.3. The normalized spacial score (nSPS) is 52.3. The third-order valence-corrected chi connectivity index (χ3v) is 7.90. The van der Waals surface area contributed by atoms with Gasteiger partial charge in [-0.15, -0.1) is 0 Å². The van der Waals surface area contributed by atoms with E-state index in [-0.39, 0.29) is 23.6 Å². The summed E-state index contributed by atoms with van der Waals surface area (Å²) in [4.78, 5) is 14.2. The minimum atomic E-state index is 0.104. The number of esters is 1. The van der Waals surface area contributed by atoms with E-state index >= 15 is 0 Å². The van der Waals surface area contributed by atoms with Crippen molar-refractivity contribution in [3.63, 3.8) is 0 Å². The van der Waals surface area contributed by atoms with Crippen LogP contribution in [0.4, 0.5) is 0 Å². The van der Waals surface area contributed by atoms with Gasteiger partial charge in [0, 0.05) is 18.8 Å². The Bertz CT molecular complexity index is 511. The molecule has 6 atom stereocenters. The summed E-state index contributed by atoms with van der Waals surface area (Å²) in [6.07, 6.45) is 8.86. The monoisotopic (exact) mass is 320 g/mol. The lowest BCUT2D eigenvalue weighted by Gasteiger charge is -2.51. The molecule has 2 saturated carbocycles. The number of quaternary nitrogens is 1. The molecule has 0 aromatic carbocycles. The van der Waals surface area contributed by atoms with Gasteiger partial charge in [-0.25, -0.2) is 0 Å². The molecule has 2 aliphatic carbocycles. The van der Waals surface area contributed by atoms with Crippen LogP contribution in [-0.4, -0.2) is 43.9 Å². The van der Waals surface area contributed by atoms with E-state index in [2.05, 4.69) is 6.92 Å². The van der Waals surface area contributed by atoms with Gasteiger partial charge in [-0.3, -0.25) is 4.79 Å². The zero-order chi connectivity index (χ0) is 15.7. The standard InChI is InChI=1S/C19H29NO3/c1-18-5-4-6-19(12-22-19)16(18)9-13-14(11-20-7-2-3-8-20)17(21)23-15(13)10-18/h13-16H,2-12H2,1H3/p+1/t13-,14-,15-,16+,18-,19+/m1/s1. The van der Waals surface area contributed by atoms with Crippen LogP contribution in [0.1, 0.15) is 51.9 Å². The summed E-state index contributed by atoms with van der Waals surface area (Å²) in [6, 6.07) is 0. The minimum Gasteiger partial charge on any atom is -0.462 e. The molecule has 0 bridgehead atoms. The van der Waals surface area contributed by atoms with E-state index < -0.39 is 0 Å². The summed E-state index contributed by atoms with van der Waals surface area (Å²) >= 11 is 0. The van der Waals surface area contributed by atoms with E-state index in [1.807, 2.05) is 0 Å². The highest BCUT2D eigenvalue weighted by atomic mass is 16.6. The van der Waals surface area contributed by atoms with Crippen LogP contribution in [0.15, 0.2) is 0 Å². The van der Waals surface area contributed by atoms with Crippen molar-refractivity contribution in [3.8, 4) is 0 Å². The van der Waals surface area contributed by atoms with Crippen LogP contribution in [-0.2, 0) is 14.3 Å². The molecule has 5 aliphatic rings. The number of likely N-dealkylation sites (tertiary alicyclic amines) is 1. The highest BCUT2D eigenvalue weighted by Crippen LogP contribution is 2.62. The Morgan fingerprint density at radius 3 is 2.74 bits per heavy atom. The molecule has 3 heterocycles. The van der Waals surface area contributed by atoms with Gasteiger partial charge in [0.15, 0.2) is 0 Å². The molecule has 128 valence electrons. The second-order valence-electron chi connectivity index (χ2n) is 9.26. The van der Waals surface area contributed by atoms with Crippen molar-refractivity contribution < 1.29 is 19.2 Å². The van der Waals surface area contributed by atoms with Crippen molar-refractivity contribution >= 4 is 5.97 Å². The Morgan fingerprint density at radius 1 is 1.22 bits per heavy atom. The molecule has 4 heteroatoms. The van der Waals surface area contributed by atoms with Gasteiger partial charge in [0.25, 0.3) is 0 Å². The van der Waals surface area contributed by atoms with Gasteiger partial charge in [-0.1, -0.05) is 6.92 Å². The number of carbonyl (C=O) groups excluding carboxylic acids is 1. The molecule has 0 aromatic rings. The van der Waals surface area contributed by atoms with Crippen LogP contribution < -0.4 is 4.90 Å². The van der Waals surface area contributed by atoms with Gasteiger partial charge >= 0.3 is 5.97 Å². The predicted octanol–water partition coefficient (Wildman–Crippen LogP) is 1.19. The maximum atomic E-state index is 12.5. The molecular formula is C19H30NO3+. The van der Waals surface area contributed by atoms with Crippen LogP contribution in [0.5, 0.6) is 0 Å². The van der Waals surface area contributed by atoms with Crippen LogP contribution in [0, 0.1) is 23.2 Å². The van der Waals surface area contributed by atoms with E-state index in [9.17, 15) is 4.79 Å². The van der Waals surface area contributed by atoms with Crippen molar-refractivity contribution in [1.29, 1.82) is 0 Å². The van der Waals surface area contributed by atoms with E-state index in [4.69, 9.17) is 9.47 Å². The maximum absolute atomic E-state index is 12.5. The summed E-state index contributed by atoms with van der Waals surface area (Å²) in [5, 5.41) is 0. The van der Waals surface area contributed by atoms with Crippen LogP contribution >= 0.6 is 0 Å². The molecule has 0 aromatic heterocycles. The first-order valence-electron chi connectivity index (χ1n) is 9.78. The maximum Gasteiger partial charge on any atom is 0.315 e. The first-order valence-corrected chi connectivity index (χ1v) is 9.78. The van der Waals surface area contributed by atoms with Crippen molar-refractivity contribution in [3.05, 3.63) is 0 Å².